The molecule has 2 rings (SSSR count). The standard InChI is InChI=1S/C16H17NO5S/c1-3-22-14-7-5-4-6-13(14)17-23(20,21)15-10-12(16(18)19)9-8-11(15)2/h4-10,17H,3H2,1-2H3,(H,18,19). The van der Waals surface area contributed by atoms with E-state index in [1.54, 1.807) is 38.1 Å². The van der Waals surface area contributed by atoms with Gasteiger partial charge in [0.1, 0.15) is 5.75 Å². The molecule has 6 nitrogen and oxygen atoms in total. The zero-order valence-corrected chi connectivity index (χ0v) is 13.6. The number of nitrogens with one attached hydrogen (secondary N) is 1. The molecule has 0 amide bonds. The third-order valence-electron chi connectivity index (χ3n) is 3.16. The Morgan fingerprint density at radius 3 is 2.57 bits per heavy atom. The van der Waals surface area contributed by atoms with Gasteiger partial charge in [0.2, 0.25) is 0 Å². The zero-order valence-electron chi connectivity index (χ0n) is 12.7. The second-order valence-electron chi connectivity index (χ2n) is 4.82. The molecule has 2 N–H and O–H groups in total. The normalized spacial score (nSPS) is 11.0. The average molecular weight is 335 g/mol. The smallest absolute Gasteiger partial charge is 0.335 e. The van der Waals surface area contributed by atoms with Crippen molar-refractivity contribution < 1.29 is 23.1 Å². The molecule has 0 radical (unpaired) electrons. The molecule has 0 aliphatic carbocycles. The van der Waals surface area contributed by atoms with Crippen LogP contribution in [0.4, 0.5) is 5.69 Å². The number of anilines is 1. The Morgan fingerprint density at radius 1 is 1.22 bits per heavy atom. The van der Waals surface area contributed by atoms with Crippen molar-refractivity contribution in [1.82, 2.24) is 0 Å². The molecular weight excluding hydrogens is 318 g/mol. The van der Waals surface area contributed by atoms with E-state index < -0.39 is 16.0 Å². The zero-order chi connectivity index (χ0) is 17.0. The Hall–Kier alpha value is -2.54. The van der Waals surface area contributed by atoms with Gasteiger partial charge in [0, 0.05) is 0 Å². The lowest BCUT2D eigenvalue weighted by molar-refractivity contribution is 0.0696. The second-order valence-corrected chi connectivity index (χ2v) is 6.47. The molecule has 2 aromatic carbocycles. The first kappa shape index (κ1) is 16.8. The van der Waals surface area contributed by atoms with Crippen LogP contribution in [-0.2, 0) is 10.0 Å². The molecule has 7 heteroatoms. The second kappa shape index (κ2) is 6.70. The van der Waals surface area contributed by atoms with Crippen LogP contribution in [0, 0.1) is 6.92 Å². The van der Waals surface area contributed by atoms with Gasteiger partial charge in [-0.05, 0) is 43.7 Å². The summed E-state index contributed by atoms with van der Waals surface area (Å²) in [5, 5.41) is 9.03. The molecule has 0 unspecified atom stereocenters. The van der Waals surface area contributed by atoms with E-state index >= 15 is 0 Å². The Bertz CT molecular complexity index is 830. The fourth-order valence-electron chi connectivity index (χ4n) is 2.05. The summed E-state index contributed by atoms with van der Waals surface area (Å²) < 4.78 is 33.0. The molecular formula is C16H17NO5S. The molecule has 0 atom stereocenters. The number of para-hydroxylation sites is 2. The van der Waals surface area contributed by atoms with E-state index in [-0.39, 0.29) is 10.5 Å². The van der Waals surface area contributed by atoms with Crippen LogP contribution in [0.3, 0.4) is 0 Å². The number of sulfonamides is 1. The largest absolute Gasteiger partial charge is 0.492 e. The third kappa shape index (κ3) is 3.81. The van der Waals surface area contributed by atoms with Crippen molar-refractivity contribution in [3.8, 4) is 5.75 Å². The van der Waals surface area contributed by atoms with E-state index in [0.29, 0.717) is 23.6 Å². The van der Waals surface area contributed by atoms with Gasteiger partial charge in [-0.25, -0.2) is 13.2 Å². The van der Waals surface area contributed by atoms with Gasteiger partial charge in [-0.15, -0.1) is 0 Å². The monoisotopic (exact) mass is 335 g/mol. The summed E-state index contributed by atoms with van der Waals surface area (Å²) in [4.78, 5) is 11.0. The maximum Gasteiger partial charge on any atom is 0.335 e. The minimum atomic E-state index is -3.93. The number of hydrogen-bond acceptors (Lipinski definition) is 4. The minimum absolute atomic E-state index is 0.0799. The highest BCUT2D eigenvalue weighted by molar-refractivity contribution is 7.92. The van der Waals surface area contributed by atoms with Crippen molar-refractivity contribution in [2.24, 2.45) is 0 Å². The summed E-state index contributed by atoms with van der Waals surface area (Å²) >= 11 is 0. The van der Waals surface area contributed by atoms with E-state index in [1.165, 1.54) is 12.1 Å². The van der Waals surface area contributed by atoms with E-state index in [4.69, 9.17) is 9.84 Å². The minimum Gasteiger partial charge on any atom is -0.492 e. The molecule has 23 heavy (non-hydrogen) atoms. The lowest BCUT2D eigenvalue weighted by atomic mass is 10.1. The highest BCUT2D eigenvalue weighted by atomic mass is 32.2. The molecule has 0 saturated heterocycles. The Labute approximate surface area is 134 Å². The summed E-state index contributed by atoms with van der Waals surface area (Å²) in [6.07, 6.45) is 0. The maximum absolute atomic E-state index is 12.6. The van der Waals surface area contributed by atoms with Crippen LogP contribution in [0.25, 0.3) is 0 Å². The van der Waals surface area contributed by atoms with Crippen molar-refractivity contribution in [3.05, 3.63) is 53.6 Å². The fraction of sp³-hybridized carbons (Fsp3) is 0.188. The molecule has 2 aromatic rings. The first-order chi connectivity index (χ1) is 10.8. The van der Waals surface area contributed by atoms with Crippen molar-refractivity contribution in [2.45, 2.75) is 18.7 Å². The van der Waals surface area contributed by atoms with Gasteiger partial charge in [-0.2, -0.15) is 0 Å². The summed E-state index contributed by atoms with van der Waals surface area (Å²) in [5.41, 5.74) is 0.667. The third-order valence-corrected chi connectivity index (χ3v) is 4.66. The lowest BCUT2D eigenvalue weighted by Crippen LogP contribution is -2.16. The number of aromatic carboxylic acids is 1. The van der Waals surface area contributed by atoms with Crippen LogP contribution in [0.1, 0.15) is 22.8 Å². The Kier molecular flexibility index (Phi) is 4.90. The van der Waals surface area contributed by atoms with Crippen molar-refractivity contribution in [3.63, 3.8) is 0 Å². The van der Waals surface area contributed by atoms with Crippen molar-refractivity contribution >= 4 is 21.7 Å². The Morgan fingerprint density at radius 2 is 1.91 bits per heavy atom. The van der Waals surface area contributed by atoms with Crippen LogP contribution >= 0.6 is 0 Å². The highest BCUT2D eigenvalue weighted by Gasteiger charge is 2.20. The molecule has 122 valence electrons. The predicted octanol–water partition coefficient (Wildman–Crippen LogP) is 2.89. The summed E-state index contributed by atoms with van der Waals surface area (Å²) in [6, 6.07) is 10.6. The molecule has 0 fully saturated rings. The number of carbonyl (C=O) groups is 1. The number of hydrogen-bond donors (Lipinski definition) is 2. The van der Waals surface area contributed by atoms with Crippen LogP contribution in [0.5, 0.6) is 5.75 Å². The summed E-state index contributed by atoms with van der Waals surface area (Å²) in [5.74, 6) is -0.776. The number of aryl methyl sites for hydroxylation is 1. The number of rotatable bonds is 6. The van der Waals surface area contributed by atoms with Gasteiger partial charge in [-0.3, -0.25) is 4.72 Å². The Balaban J connectivity index is 2.44. The molecule has 0 heterocycles. The van der Waals surface area contributed by atoms with E-state index in [1.807, 2.05) is 0 Å². The van der Waals surface area contributed by atoms with Crippen molar-refractivity contribution in [1.29, 1.82) is 0 Å². The topological polar surface area (TPSA) is 92.7 Å². The summed E-state index contributed by atoms with van der Waals surface area (Å²) in [6.45, 7) is 3.80. The van der Waals surface area contributed by atoms with E-state index in [9.17, 15) is 13.2 Å². The van der Waals surface area contributed by atoms with Crippen LogP contribution in [0.2, 0.25) is 0 Å². The van der Waals surface area contributed by atoms with Gasteiger partial charge in [-0.1, -0.05) is 18.2 Å². The number of carboxylic acid groups (broad SMARTS) is 1. The summed E-state index contributed by atoms with van der Waals surface area (Å²) in [7, 11) is -3.93. The van der Waals surface area contributed by atoms with E-state index in [0.717, 1.165) is 6.07 Å². The fourth-order valence-corrected chi connectivity index (χ4v) is 3.40. The van der Waals surface area contributed by atoms with Gasteiger partial charge < -0.3 is 9.84 Å². The van der Waals surface area contributed by atoms with Crippen LogP contribution in [0.15, 0.2) is 47.4 Å². The van der Waals surface area contributed by atoms with Crippen LogP contribution < -0.4 is 9.46 Å². The number of benzene rings is 2. The SMILES string of the molecule is CCOc1ccccc1NS(=O)(=O)c1cc(C(=O)O)ccc1C. The van der Waals surface area contributed by atoms with Gasteiger partial charge in [0.25, 0.3) is 10.0 Å². The average Bonchev–Trinajstić information content (AvgIpc) is 2.49. The molecule has 0 bridgehead atoms. The highest BCUT2D eigenvalue weighted by Crippen LogP contribution is 2.27. The number of carboxylic acids is 1. The predicted molar refractivity (Wildman–Crippen MR) is 86.6 cm³/mol. The van der Waals surface area contributed by atoms with Gasteiger partial charge in [0.15, 0.2) is 0 Å². The van der Waals surface area contributed by atoms with Gasteiger partial charge >= 0.3 is 5.97 Å². The van der Waals surface area contributed by atoms with Crippen molar-refractivity contribution in [2.75, 3.05) is 11.3 Å². The number of ether oxygens (including phenoxy) is 1. The molecule has 0 spiro atoms. The first-order valence-electron chi connectivity index (χ1n) is 6.93. The van der Waals surface area contributed by atoms with Gasteiger partial charge in [0.05, 0.1) is 22.8 Å². The quantitative estimate of drug-likeness (QED) is 0.847. The molecule has 0 aliphatic rings. The molecule has 0 aliphatic heterocycles. The van der Waals surface area contributed by atoms with E-state index in [2.05, 4.69) is 4.72 Å². The molecule has 0 aromatic heterocycles. The molecule has 0 saturated carbocycles. The lowest BCUT2D eigenvalue weighted by Gasteiger charge is -2.14. The first-order valence-corrected chi connectivity index (χ1v) is 8.42. The maximum atomic E-state index is 12.6. The van der Waals surface area contributed by atoms with Crippen LogP contribution in [-0.4, -0.2) is 26.1 Å².